The van der Waals surface area contributed by atoms with Crippen LogP contribution in [0.25, 0.3) is 0 Å². The highest BCUT2D eigenvalue weighted by molar-refractivity contribution is 8.76. The van der Waals surface area contributed by atoms with Gasteiger partial charge in [-0.2, -0.15) is 0 Å². The molecule has 10 N–H and O–H groups in total. The summed E-state index contributed by atoms with van der Waals surface area (Å²) < 4.78 is 31.4. The van der Waals surface area contributed by atoms with E-state index in [0.717, 1.165) is 6.92 Å². The molecule has 3 saturated carbocycles. The highest BCUT2D eigenvalue weighted by Gasteiger charge is 2.77. The predicted molar refractivity (Wildman–Crippen MR) is 329 cm³/mol. The lowest BCUT2D eigenvalue weighted by Crippen LogP contribution is -2.78. The second-order valence-corrected chi connectivity index (χ2v) is 26.6. The first-order valence-electron chi connectivity index (χ1n) is 29.6. The number of carbonyl (C=O) groups excluding carboxylic acids is 10. The number of hydrogen-bond acceptors (Lipinski definition) is 20. The average molecular weight is 1270 g/mol. The molecule has 4 aliphatic rings. The van der Waals surface area contributed by atoms with Crippen LogP contribution in [0.3, 0.4) is 0 Å². The van der Waals surface area contributed by atoms with Crippen molar-refractivity contribution in [2.75, 3.05) is 18.1 Å². The van der Waals surface area contributed by atoms with Crippen molar-refractivity contribution in [3.8, 4) is 0 Å². The van der Waals surface area contributed by atoms with E-state index >= 15 is 9.59 Å². The van der Waals surface area contributed by atoms with Crippen molar-refractivity contribution in [2.45, 2.75) is 160 Å². The van der Waals surface area contributed by atoms with Gasteiger partial charge in [0.1, 0.15) is 29.5 Å². The lowest BCUT2D eigenvalue weighted by Gasteiger charge is -2.68. The fourth-order valence-electron chi connectivity index (χ4n) is 13.2. The van der Waals surface area contributed by atoms with Crippen LogP contribution in [0.2, 0.25) is 0 Å². The van der Waals surface area contributed by atoms with Gasteiger partial charge in [-0.3, -0.25) is 43.3 Å². The van der Waals surface area contributed by atoms with Gasteiger partial charge in [0, 0.05) is 80.9 Å². The first-order valence-corrected chi connectivity index (χ1v) is 32.0. The van der Waals surface area contributed by atoms with Gasteiger partial charge in [-0.05, 0) is 93.3 Å². The molecular weight excluding hydrogens is 1190 g/mol. The molecule has 0 radical (unpaired) electrons. The van der Waals surface area contributed by atoms with Crippen LogP contribution < -0.4 is 27.8 Å². The van der Waals surface area contributed by atoms with Gasteiger partial charge in [0.05, 0.1) is 29.0 Å². The van der Waals surface area contributed by atoms with Crippen LogP contribution in [0, 0.1) is 28.6 Å². The van der Waals surface area contributed by atoms with E-state index in [1.165, 1.54) is 73.5 Å². The number of ketones is 2. The molecule has 2 bridgehead atoms. The quantitative estimate of drug-likeness (QED) is 0.00995. The van der Waals surface area contributed by atoms with Crippen molar-refractivity contribution >= 4 is 86.7 Å². The highest BCUT2D eigenvalue weighted by atomic mass is 33.1. The zero-order valence-corrected chi connectivity index (χ0v) is 52.6. The Labute approximate surface area is 524 Å². The molecule has 89 heavy (non-hydrogen) atoms. The largest absolute Gasteiger partial charge is 0.458 e. The second kappa shape index (κ2) is 29.4. The first-order chi connectivity index (χ1) is 42.1. The Kier molecular flexibility index (Phi) is 22.7. The summed E-state index contributed by atoms with van der Waals surface area (Å²) in [6.45, 7) is 9.80. The minimum atomic E-state index is -2.47. The van der Waals surface area contributed by atoms with Crippen molar-refractivity contribution in [3.05, 3.63) is 119 Å². The van der Waals surface area contributed by atoms with Crippen molar-refractivity contribution in [1.82, 2.24) is 10.6 Å². The zero-order valence-electron chi connectivity index (χ0n) is 50.9. The fraction of sp³-hybridized carbons (Fsp3) is 0.516. The van der Waals surface area contributed by atoms with Gasteiger partial charge in [-0.25, -0.2) is 9.59 Å². The van der Waals surface area contributed by atoms with Crippen LogP contribution in [0.15, 0.2) is 107 Å². The molecule has 3 fully saturated rings. The number of amides is 3. The van der Waals surface area contributed by atoms with Crippen LogP contribution in [0.1, 0.15) is 139 Å². The topological polar surface area (TPSA) is 372 Å². The Morgan fingerprint density at radius 2 is 1.43 bits per heavy atom. The van der Waals surface area contributed by atoms with E-state index in [0.29, 0.717) is 18.4 Å². The van der Waals surface area contributed by atoms with E-state index in [2.05, 4.69) is 15.6 Å². The number of ether oxygens (including phenoxy) is 5. The molecule has 1 unspecified atom stereocenters. The lowest BCUT2D eigenvalue weighted by atomic mass is 9.41. The molecule has 23 nitrogen and oxygen atoms in total. The molecule has 3 aromatic carbocycles. The van der Waals surface area contributed by atoms with E-state index in [-0.39, 0.29) is 84.8 Å². The van der Waals surface area contributed by atoms with E-state index < -0.39 is 148 Å². The molecule has 480 valence electrons. The number of benzene rings is 3. The number of fused-ring (bicyclic) bond motifs is 5. The van der Waals surface area contributed by atoms with Crippen molar-refractivity contribution in [2.24, 2.45) is 50.8 Å². The van der Waals surface area contributed by atoms with Gasteiger partial charge in [0.15, 0.2) is 23.6 Å². The molecule has 0 aromatic heterocycles. The minimum Gasteiger partial charge on any atom is -0.458 e. The van der Waals surface area contributed by atoms with Gasteiger partial charge < -0.3 is 61.7 Å². The lowest BCUT2D eigenvalue weighted by molar-refractivity contribution is -0.296. The summed E-state index contributed by atoms with van der Waals surface area (Å²) >= 11 is 0. The standard InChI is InChI=1S/C64H80N6O17S2/c1-35-46(33-64(82)55(86-58(80)41-23-15-10-16-24-41)53-62(7,47(75)32-43-27-28-63(43,53)87-38(4)73)54(77)51(83-37(3)72)49(35)61(64,5)6)84-59(81)52(50(39-19-11-8-12-20-39)70-57(79)40-21-13-9-14-22-40)85-48(76)26-18-30-88-89-34-44(69-36(2)71)45(74)31-42(56(65)78)25-17-29-68-60(66)67/h8-16,19-24,42-44,46-47,50-53,55,75,82H,17-18,25-34H2,1-7H3,(H2,65,78)(H,69,71)(H,70,79)(H4,66,67,68)/t42-,43+,44+,46-,47-,50?,51+,52+,53-,55-,62+,63-,64+/m0/s1. The molecule has 3 amide bonds. The molecule has 7 rings (SSSR count). The number of nitrogens with one attached hydrogen (secondary N) is 2. The van der Waals surface area contributed by atoms with Gasteiger partial charge in [-0.15, -0.1) is 0 Å². The average Bonchev–Trinajstić information content (AvgIpc) is 0.673. The summed E-state index contributed by atoms with van der Waals surface area (Å²) in [4.78, 5) is 143. The third kappa shape index (κ3) is 15.4. The fourth-order valence-corrected chi connectivity index (χ4v) is 15.5. The van der Waals surface area contributed by atoms with Crippen molar-refractivity contribution in [3.63, 3.8) is 0 Å². The molecule has 0 saturated heterocycles. The maximum atomic E-state index is 15.9. The first kappa shape index (κ1) is 68.9. The smallest absolute Gasteiger partial charge is 0.350 e. The molecular formula is C64H80N6O17S2. The number of aliphatic hydroxyl groups is 2. The summed E-state index contributed by atoms with van der Waals surface area (Å²) in [7, 11) is 2.50. The number of Topliss-reactive ketones (excluding diaryl/α,β-unsaturated/α-hetero) is 2. The number of primary amides is 1. The molecule has 0 heterocycles. The molecule has 4 aliphatic carbocycles. The summed E-state index contributed by atoms with van der Waals surface area (Å²) in [5.74, 6) is -10.6. The number of hydrogen-bond donors (Lipinski definition) is 7. The minimum absolute atomic E-state index is 0.0467. The van der Waals surface area contributed by atoms with Gasteiger partial charge in [-0.1, -0.05) is 102 Å². The number of esters is 5. The maximum absolute atomic E-state index is 15.9. The molecule has 3 aromatic rings. The Balaban J connectivity index is 1.23. The SMILES string of the molecule is CC(=O)N[C@H](CSSCCCC(=O)O[C@@H](C(=O)O[C@H]1C[C@@]2(O)[C@@H](OC(=O)c3ccccc3)[C@@H]3[C@]4(OC(C)=O)CC[C@@H]4C[C@H](O)[C@@]3(C)C(=O)[C@H](OC(C)=O)C(=C1C)C2(C)C)C(NC(=O)c1ccccc1)c1ccccc1)C(=O)C[C@H](CCCN=C(N)N)C(N)=O. The number of rotatable bonds is 27. The summed E-state index contributed by atoms with van der Waals surface area (Å²) in [5.41, 5.74) is 9.09. The predicted octanol–water partition coefficient (Wildman–Crippen LogP) is 5.08. The zero-order chi connectivity index (χ0) is 65.2. The number of nitrogens with two attached hydrogens (primary N) is 3. The van der Waals surface area contributed by atoms with Crippen LogP contribution in [-0.4, -0.2) is 141 Å². The van der Waals surface area contributed by atoms with E-state index in [1.54, 1.807) is 80.6 Å². The summed E-state index contributed by atoms with van der Waals surface area (Å²) in [6.07, 6.45) is -8.74. The number of guanidine groups is 1. The monoisotopic (exact) mass is 1270 g/mol. The van der Waals surface area contributed by atoms with Crippen LogP contribution in [0.4, 0.5) is 0 Å². The third-order valence-corrected chi connectivity index (χ3v) is 20.4. The van der Waals surface area contributed by atoms with Crippen LogP contribution in [0.5, 0.6) is 0 Å². The highest BCUT2D eigenvalue weighted by Crippen LogP contribution is 2.67. The molecule has 25 heteroatoms. The number of aliphatic imine (C=N–C) groups is 1. The summed E-state index contributed by atoms with van der Waals surface area (Å²) in [6, 6.07) is 21.6. The maximum Gasteiger partial charge on any atom is 0.350 e. The van der Waals surface area contributed by atoms with Crippen LogP contribution in [-0.2, 0) is 62.0 Å². The van der Waals surface area contributed by atoms with Gasteiger partial charge in [0.25, 0.3) is 5.91 Å². The van der Waals surface area contributed by atoms with Gasteiger partial charge in [0.2, 0.25) is 17.9 Å². The Morgan fingerprint density at radius 1 is 0.798 bits per heavy atom. The van der Waals surface area contributed by atoms with E-state index in [9.17, 15) is 48.6 Å². The van der Waals surface area contributed by atoms with Crippen molar-refractivity contribution in [1.29, 1.82) is 0 Å². The summed E-state index contributed by atoms with van der Waals surface area (Å²) in [5, 5.41) is 32.0. The Bertz CT molecular complexity index is 3200. The molecule has 13 atom stereocenters. The van der Waals surface area contributed by atoms with E-state index in [4.69, 9.17) is 40.9 Å². The van der Waals surface area contributed by atoms with Gasteiger partial charge >= 0.3 is 29.8 Å². The molecule has 0 aliphatic heterocycles. The van der Waals surface area contributed by atoms with E-state index in [1.807, 2.05) is 0 Å². The second-order valence-electron chi connectivity index (χ2n) is 23.9. The normalized spacial score (nSPS) is 26.2. The molecule has 0 spiro atoms. The number of nitrogens with zero attached hydrogens (tertiary/aromatic N) is 1. The number of aliphatic hydroxyl groups excluding tert-OH is 1. The third-order valence-electron chi connectivity index (χ3n) is 17.9. The Morgan fingerprint density at radius 3 is 2.00 bits per heavy atom. The Hall–Kier alpha value is -7.61. The van der Waals surface area contributed by atoms with Crippen molar-refractivity contribution < 1.29 is 81.8 Å². The van der Waals surface area contributed by atoms with Crippen LogP contribution >= 0.6 is 21.6 Å². The number of carbonyl (C=O) groups is 10.